The second-order valence-electron chi connectivity index (χ2n) is 13.3. The highest BCUT2D eigenvalue weighted by Crippen LogP contribution is 2.37. The number of fused-ring (bicyclic) bond motifs is 1. The first-order valence-corrected chi connectivity index (χ1v) is 19.4. The number of ether oxygens (including phenoxy) is 1. The molecule has 0 spiro atoms. The molecule has 0 bridgehead atoms. The van der Waals surface area contributed by atoms with Crippen molar-refractivity contribution < 1.29 is 23.1 Å². The van der Waals surface area contributed by atoms with Crippen LogP contribution in [0.4, 0.5) is 0 Å². The maximum Gasteiger partial charge on any atom is 0.335 e. The number of hydrogen-bond donors (Lipinski definition) is 3. The first-order valence-electron chi connectivity index (χ1n) is 17.4. The van der Waals surface area contributed by atoms with Gasteiger partial charge in [-0.1, -0.05) is 72.3 Å². The van der Waals surface area contributed by atoms with Gasteiger partial charge in [0.2, 0.25) is 10.0 Å². The van der Waals surface area contributed by atoms with Crippen LogP contribution in [0.15, 0.2) is 103 Å². The van der Waals surface area contributed by atoms with E-state index in [2.05, 4.69) is 57.6 Å². The number of piperazine rings is 1. The third kappa shape index (κ3) is 9.19. The van der Waals surface area contributed by atoms with Gasteiger partial charge in [0.25, 0.3) is 0 Å². The fourth-order valence-corrected chi connectivity index (χ4v) is 8.47. The van der Waals surface area contributed by atoms with Crippen molar-refractivity contribution in [2.45, 2.75) is 44.8 Å². The van der Waals surface area contributed by atoms with Crippen LogP contribution in [0, 0.1) is 0 Å². The van der Waals surface area contributed by atoms with Gasteiger partial charge in [0.1, 0.15) is 5.75 Å². The molecule has 0 radical (unpaired) electrons. The van der Waals surface area contributed by atoms with Crippen LogP contribution in [0.1, 0.15) is 52.6 Å². The third-order valence-corrected chi connectivity index (χ3v) is 11.0. The lowest BCUT2D eigenvalue weighted by Gasteiger charge is -2.36. The van der Waals surface area contributed by atoms with Crippen molar-refractivity contribution in [3.63, 3.8) is 0 Å². The molecule has 1 aliphatic rings. The molecule has 4 aromatic carbocycles. The normalized spacial score (nSPS) is 16.9. The highest BCUT2D eigenvalue weighted by Gasteiger charge is 2.27. The summed E-state index contributed by atoms with van der Waals surface area (Å²) in [6.07, 6.45) is 0.953. The lowest BCUT2D eigenvalue weighted by molar-refractivity contribution is 0.0697. The molecule has 0 unspecified atom stereocenters. The van der Waals surface area contributed by atoms with Crippen molar-refractivity contribution in [3.05, 3.63) is 136 Å². The Hall–Kier alpha value is -4.19. The Morgan fingerprint density at radius 2 is 1.55 bits per heavy atom. The van der Waals surface area contributed by atoms with Crippen molar-refractivity contribution in [2.75, 3.05) is 38.5 Å². The van der Waals surface area contributed by atoms with Crippen molar-refractivity contribution in [3.8, 4) is 5.75 Å². The standard InChI is InChI=1S/C40H45ClN4O5S/c1-28-26-44(27-29(2)43-28)22-24-51(48,49)42-21-19-38-35(20-23-50-34-16-13-32(14-17-34)40(46)47)36-25-33(41)15-18-37(36)45(38)39(30-9-5-3-6-10-30)31-11-7-4-8-12-31/h3-18,25,28-29,39,42-43H,19-24,26-27H2,1-2H3,(H,46,47)/t28-,29+. The number of halogens is 1. The van der Waals surface area contributed by atoms with Gasteiger partial charge >= 0.3 is 5.97 Å². The molecule has 1 fully saturated rings. The number of carboxylic acid groups (broad SMARTS) is 1. The molecular weight excluding hydrogens is 684 g/mol. The summed E-state index contributed by atoms with van der Waals surface area (Å²) in [6, 6.07) is 33.3. The molecule has 11 heteroatoms. The predicted octanol–water partition coefficient (Wildman–Crippen LogP) is 6.40. The lowest BCUT2D eigenvalue weighted by Crippen LogP contribution is -2.55. The maximum absolute atomic E-state index is 13.4. The van der Waals surface area contributed by atoms with Crippen molar-refractivity contribution in [1.82, 2.24) is 19.5 Å². The molecule has 51 heavy (non-hydrogen) atoms. The second-order valence-corrected chi connectivity index (χ2v) is 15.7. The smallest absolute Gasteiger partial charge is 0.335 e. The molecule has 9 nitrogen and oxygen atoms in total. The minimum atomic E-state index is -3.54. The molecule has 0 amide bonds. The number of carboxylic acids is 1. The molecule has 1 aliphatic heterocycles. The van der Waals surface area contributed by atoms with Crippen LogP contribution >= 0.6 is 11.6 Å². The molecule has 1 aromatic heterocycles. The lowest BCUT2D eigenvalue weighted by atomic mass is 9.97. The van der Waals surface area contributed by atoms with Crippen LogP contribution in [0.3, 0.4) is 0 Å². The summed E-state index contributed by atoms with van der Waals surface area (Å²) in [7, 11) is -3.54. The fourth-order valence-electron chi connectivity index (χ4n) is 7.25. The molecule has 6 rings (SSSR count). The quantitative estimate of drug-likeness (QED) is 0.114. The average molecular weight is 729 g/mol. The first kappa shape index (κ1) is 36.6. The first-order chi connectivity index (χ1) is 24.6. The van der Waals surface area contributed by atoms with Gasteiger partial charge in [0.15, 0.2) is 0 Å². The zero-order valence-corrected chi connectivity index (χ0v) is 30.5. The zero-order valence-electron chi connectivity index (χ0n) is 29.0. The summed E-state index contributed by atoms with van der Waals surface area (Å²) in [5.74, 6) is -0.398. The van der Waals surface area contributed by atoms with Gasteiger partial charge in [-0.2, -0.15) is 0 Å². The topological polar surface area (TPSA) is 113 Å². The molecule has 1 saturated heterocycles. The number of nitrogens with zero attached hydrogens (tertiary/aromatic N) is 2. The average Bonchev–Trinajstić information content (AvgIpc) is 3.39. The highest BCUT2D eigenvalue weighted by atomic mass is 35.5. The summed E-state index contributed by atoms with van der Waals surface area (Å²) in [5.41, 5.74) is 5.38. The van der Waals surface area contributed by atoms with E-state index < -0.39 is 16.0 Å². The number of hydrogen-bond acceptors (Lipinski definition) is 6. The molecule has 3 N–H and O–H groups in total. The molecule has 2 heterocycles. The Labute approximate surface area is 305 Å². The van der Waals surface area contributed by atoms with E-state index in [-0.39, 0.29) is 23.9 Å². The van der Waals surface area contributed by atoms with E-state index in [4.69, 9.17) is 16.3 Å². The molecule has 2 atom stereocenters. The summed E-state index contributed by atoms with van der Waals surface area (Å²) in [5, 5.41) is 14.4. The SMILES string of the molecule is C[C@@H]1CN(CCS(=O)(=O)NCCc2c(CCOc3ccc(C(=O)O)cc3)c3cc(Cl)ccc3n2C(c2ccccc2)c2ccccc2)C[C@H](C)N1. The van der Waals surface area contributed by atoms with Crippen LogP contribution in [-0.2, 0) is 22.9 Å². The summed E-state index contributed by atoms with van der Waals surface area (Å²) < 4.78 is 38.1. The zero-order chi connectivity index (χ0) is 36.0. The van der Waals surface area contributed by atoms with Crippen LogP contribution < -0.4 is 14.8 Å². The number of rotatable bonds is 15. The monoisotopic (exact) mass is 728 g/mol. The van der Waals surface area contributed by atoms with Crippen LogP contribution in [0.25, 0.3) is 10.9 Å². The van der Waals surface area contributed by atoms with Gasteiger partial charge < -0.3 is 19.7 Å². The van der Waals surface area contributed by atoms with Crippen LogP contribution in [-0.4, -0.2) is 79.6 Å². The number of carbonyl (C=O) groups is 1. The van der Waals surface area contributed by atoms with Gasteiger partial charge in [-0.05, 0) is 73.0 Å². The van der Waals surface area contributed by atoms with Crippen LogP contribution in [0.5, 0.6) is 5.75 Å². The van der Waals surface area contributed by atoms with E-state index in [1.54, 1.807) is 12.1 Å². The Kier molecular flexibility index (Phi) is 11.8. The molecule has 5 aromatic rings. The van der Waals surface area contributed by atoms with Gasteiger partial charge in [-0.3, -0.25) is 4.90 Å². The Morgan fingerprint density at radius 3 is 2.16 bits per heavy atom. The van der Waals surface area contributed by atoms with E-state index in [0.29, 0.717) is 48.8 Å². The molecule has 268 valence electrons. The van der Waals surface area contributed by atoms with Gasteiger partial charge in [-0.25, -0.2) is 17.9 Å². The van der Waals surface area contributed by atoms with Crippen molar-refractivity contribution in [2.24, 2.45) is 0 Å². The largest absolute Gasteiger partial charge is 0.493 e. The molecule has 0 aliphatic carbocycles. The van der Waals surface area contributed by atoms with E-state index in [9.17, 15) is 18.3 Å². The van der Waals surface area contributed by atoms with E-state index in [0.717, 1.165) is 46.4 Å². The highest BCUT2D eigenvalue weighted by molar-refractivity contribution is 7.89. The number of aromatic carboxylic acids is 1. The number of nitrogens with one attached hydrogen (secondary N) is 2. The van der Waals surface area contributed by atoms with E-state index >= 15 is 0 Å². The second kappa shape index (κ2) is 16.4. The van der Waals surface area contributed by atoms with Gasteiger partial charge in [0, 0.05) is 72.7 Å². The minimum Gasteiger partial charge on any atom is -0.493 e. The van der Waals surface area contributed by atoms with E-state index in [1.165, 1.54) is 12.1 Å². The van der Waals surface area contributed by atoms with Crippen molar-refractivity contribution >= 4 is 38.5 Å². The Balaban J connectivity index is 1.34. The van der Waals surface area contributed by atoms with Gasteiger partial charge in [0.05, 0.1) is 24.0 Å². The molecule has 0 saturated carbocycles. The fraction of sp³-hybridized carbons (Fsp3) is 0.325. The number of aromatic nitrogens is 1. The number of sulfonamides is 1. The van der Waals surface area contributed by atoms with E-state index in [1.807, 2.05) is 54.6 Å². The molecular formula is C40H45ClN4O5S. The Morgan fingerprint density at radius 1 is 0.922 bits per heavy atom. The number of benzene rings is 4. The predicted molar refractivity (Wildman–Crippen MR) is 204 cm³/mol. The summed E-state index contributed by atoms with van der Waals surface area (Å²) in [6.45, 7) is 6.90. The minimum absolute atomic E-state index is 0.0308. The summed E-state index contributed by atoms with van der Waals surface area (Å²) in [4.78, 5) is 13.6. The third-order valence-electron chi connectivity index (χ3n) is 9.39. The maximum atomic E-state index is 13.4. The van der Waals surface area contributed by atoms with Crippen molar-refractivity contribution in [1.29, 1.82) is 0 Å². The summed E-state index contributed by atoms with van der Waals surface area (Å²) >= 11 is 6.63. The van der Waals surface area contributed by atoms with Crippen LogP contribution in [0.2, 0.25) is 5.02 Å². The Bertz CT molecular complexity index is 1990. The van der Waals surface area contributed by atoms with Gasteiger partial charge in [-0.15, -0.1) is 0 Å².